The summed E-state index contributed by atoms with van der Waals surface area (Å²) in [5, 5.41) is 1.51. The van der Waals surface area contributed by atoms with Crippen molar-refractivity contribution in [1.82, 2.24) is 4.98 Å². The van der Waals surface area contributed by atoms with Gasteiger partial charge in [-0.2, -0.15) is 0 Å². The van der Waals surface area contributed by atoms with E-state index in [0.29, 0.717) is 0 Å². The molecule has 0 amide bonds. The molecular weight excluding hydrogens is 317 g/mol. The van der Waals surface area contributed by atoms with E-state index < -0.39 is 15.8 Å². The lowest BCUT2D eigenvalue weighted by atomic mass is 10.2. The van der Waals surface area contributed by atoms with Gasteiger partial charge in [-0.05, 0) is 24.6 Å². The van der Waals surface area contributed by atoms with Crippen molar-refractivity contribution in [2.24, 2.45) is 0 Å². The molecule has 0 bridgehead atoms. The van der Waals surface area contributed by atoms with Gasteiger partial charge in [0.05, 0.1) is 10.6 Å². The molecule has 21 heavy (non-hydrogen) atoms. The number of anilines is 2. The summed E-state index contributed by atoms with van der Waals surface area (Å²) in [6.07, 6.45) is 0. The first-order valence-electron chi connectivity index (χ1n) is 5.75. The van der Waals surface area contributed by atoms with E-state index in [4.69, 9.17) is 5.73 Å². The van der Waals surface area contributed by atoms with Crippen LogP contribution in [0.15, 0.2) is 22.4 Å². The van der Waals surface area contributed by atoms with E-state index in [1.165, 1.54) is 19.2 Å². The van der Waals surface area contributed by atoms with Gasteiger partial charge < -0.3 is 5.73 Å². The molecule has 0 spiro atoms. The van der Waals surface area contributed by atoms with E-state index in [1.54, 1.807) is 0 Å². The largest absolute Gasteiger partial charge is 0.396 e. The van der Waals surface area contributed by atoms with Gasteiger partial charge in [0.2, 0.25) is 0 Å². The molecule has 2 rings (SSSR count). The quantitative estimate of drug-likeness (QED) is 0.661. The molecule has 9 heteroatoms. The van der Waals surface area contributed by atoms with Gasteiger partial charge in [-0.3, -0.25) is 9.52 Å². The van der Waals surface area contributed by atoms with Crippen LogP contribution in [0.1, 0.15) is 23.0 Å². The number of rotatable bonds is 4. The van der Waals surface area contributed by atoms with Gasteiger partial charge >= 0.3 is 0 Å². The number of carbonyl (C=O) groups is 1. The minimum absolute atomic E-state index is 0.0579. The van der Waals surface area contributed by atoms with Gasteiger partial charge in [-0.15, -0.1) is 11.3 Å². The summed E-state index contributed by atoms with van der Waals surface area (Å²) < 4.78 is 40.0. The van der Waals surface area contributed by atoms with Crippen molar-refractivity contribution < 1.29 is 17.6 Å². The average Bonchev–Trinajstić information content (AvgIpc) is 2.81. The fraction of sp³-hybridized carbons (Fsp3) is 0.167. The lowest BCUT2D eigenvalue weighted by molar-refractivity contribution is 0.101. The van der Waals surface area contributed by atoms with E-state index >= 15 is 0 Å². The zero-order chi connectivity index (χ0) is 15.8. The maximum Gasteiger partial charge on any atom is 0.264 e. The van der Waals surface area contributed by atoms with Crippen molar-refractivity contribution in [3.63, 3.8) is 0 Å². The number of nitrogen functional groups attached to an aromatic ring is 1. The Balaban J connectivity index is 2.38. The van der Waals surface area contributed by atoms with Gasteiger partial charge in [-0.25, -0.2) is 17.8 Å². The van der Waals surface area contributed by atoms with Gasteiger partial charge in [0, 0.05) is 12.3 Å². The fourth-order valence-corrected chi connectivity index (χ4v) is 3.88. The number of halogens is 1. The number of aromatic nitrogens is 1. The third kappa shape index (κ3) is 3.19. The molecule has 2 aromatic rings. The van der Waals surface area contributed by atoms with Crippen LogP contribution < -0.4 is 10.5 Å². The van der Waals surface area contributed by atoms with E-state index in [-0.39, 0.29) is 32.8 Å². The number of sulfonamides is 1. The van der Waals surface area contributed by atoms with Crippen LogP contribution in [0.25, 0.3) is 0 Å². The first kappa shape index (κ1) is 15.4. The highest BCUT2D eigenvalue weighted by Crippen LogP contribution is 2.25. The number of hydrogen-bond donors (Lipinski definition) is 2. The molecule has 0 saturated heterocycles. The first-order chi connectivity index (χ1) is 9.70. The number of aryl methyl sites for hydroxylation is 1. The van der Waals surface area contributed by atoms with Gasteiger partial charge in [0.25, 0.3) is 10.0 Å². The number of nitrogens with two attached hydrogens (primary N) is 1. The van der Waals surface area contributed by atoms with Gasteiger partial charge in [-0.1, -0.05) is 0 Å². The third-order valence-electron chi connectivity index (χ3n) is 2.67. The van der Waals surface area contributed by atoms with E-state index in [2.05, 4.69) is 9.71 Å². The second kappa shape index (κ2) is 5.41. The van der Waals surface area contributed by atoms with E-state index in [9.17, 15) is 17.6 Å². The van der Waals surface area contributed by atoms with Gasteiger partial charge in [0.15, 0.2) is 10.9 Å². The molecule has 1 aromatic carbocycles. The normalized spacial score (nSPS) is 11.4. The van der Waals surface area contributed by atoms with Crippen molar-refractivity contribution in [2.75, 3.05) is 10.5 Å². The number of nitrogens with zero attached hydrogens (tertiary/aromatic N) is 1. The van der Waals surface area contributed by atoms with Gasteiger partial charge in [0.1, 0.15) is 11.5 Å². The molecule has 0 atom stereocenters. The SMILES string of the molecule is CC(=O)c1csc(NS(=O)(=O)c2cc(N)c(F)cc2C)n1. The Hall–Kier alpha value is -2.00. The molecule has 0 fully saturated rings. The van der Waals surface area contributed by atoms with Crippen molar-refractivity contribution in [2.45, 2.75) is 18.7 Å². The highest BCUT2D eigenvalue weighted by molar-refractivity contribution is 7.93. The molecule has 1 heterocycles. The molecule has 6 nitrogen and oxygen atoms in total. The molecule has 0 saturated carbocycles. The summed E-state index contributed by atoms with van der Waals surface area (Å²) in [7, 11) is -3.96. The summed E-state index contributed by atoms with van der Waals surface area (Å²) in [6, 6.07) is 2.10. The number of carbonyl (C=O) groups excluding carboxylic acids is 1. The molecule has 0 aliphatic heterocycles. The Morgan fingerprint density at radius 2 is 2.10 bits per heavy atom. The minimum atomic E-state index is -3.96. The zero-order valence-corrected chi connectivity index (χ0v) is 12.8. The van der Waals surface area contributed by atoms with Crippen LogP contribution in [0.2, 0.25) is 0 Å². The standard InChI is InChI=1S/C12H12FN3O3S2/c1-6-3-8(13)9(14)4-11(6)21(18,19)16-12-15-10(5-20-12)7(2)17/h3-5H,14H2,1-2H3,(H,15,16). The molecule has 0 unspecified atom stereocenters. The Bertz CT molecular complexity index is 815. The van der Waals surface area contributed by atoms with Crippen LogP contribution in [0.3, 0.4) is 0 Å². The predicted octanol–water partition coefficient (Wildman–Crippen LogP) is 2.18. The first-order valence-corrected chi connectivity index (χ1v) is 8.12. The molecule has 3 N–H and O–H groups in total. The van der Waals surface area contributed by atoms with Crippen LogP contribution in [0, 0.1) is 12.7 Å². The lowest BCUT2D eigenvalue weighted by Gasteiger charge is -2.09. The summed E-state index contributed by atoms with van der Waals surface area (Å²) in [4.78, 5) is 14.9. The number of nitrogens with one attached hydrogen (secondary N) is 1. The monoisotopic (exact) mass is 329 g/mol. The maximum atomic E-state index is 13.3. The number of thiazole rings is 1. The third-order valence-corrected chi connectivity index (χ3v) is 5.04. The number of benzene rings is 1. The van der Waals surface area contributed by atoms with Crippen molar-refractivity contribution in [1.29, 1.82) is 0 Å². The fourth-order valence-electron chi connectivity index (χ4n) is 1.61. The second-order valence-corrected chi connectivity index (χ2v) is 6.85. The molecular formula is C12H12FN3O3S2. The smallest absolute Gasteiger partial charge is 0.264 e. The van der Waals surface area contributed by atoms with Crippen LogP contribution in [0.4, 0.5) is 15.2 Å². The van der Waals surface area contributed by atoms with Crippen molar-refractivity contribution in [3.05, 3.63) is 34.6 Å². The summed E-state index contributed by atoms with van der Waals surface area (Å²) in [6.45, 7) is 2.79. The van der Waals surface area contributed by atoms with E-state index in [1.807, 2.05) is 0 Å². The summed E-state index contributed by atoms with van der Waals surface area (Å²) >= 11 is 0.985. The minimum Gasteiger partial charge on any atom is -0.396 e. The molecule has 0 radical (unpaired) electrons. The van der Waals surface area contributed by atoms with Crippen LogP contribution >= 0.6 is 11.3 Å². The molecule has 112 valence electrons. The lowest BCUT2D eigenvalue weighted by Crippen LogP contribution is -2.15. The zero-order valence-electron chi connectivity index (χ0n) is 11.2. The Morgan fingerprint density at radius 1 is 1.43 bits per heavy atom. The number of ketones is 1. The molecule has 0 aliphatic carbocycles. The molecule has 0 aliphatic rings. The Kier molecular flexibility index (Phi) is 3.97. The second-order valence-electron chi connectivity index (χ2n) is 4.34. The van der Waals surface area contributed by atoms with Crippen LogP contribution in [-0.4, -0.2) is 19.2 Å². The predicted molar refractivity (Wildman–Crippen MR) is 78.5 cm³/mol. The average molecular weight is 329 g/mol. The van der Waals surface area contributed by atoms with Crippen molar-refractivity contribution in [3.8, 4) is 0 Å². The van der Waals surface area contributed by atoms with Crippen LogP contribution in [-0.2, 0) is 10.0 Å². The van der Waals surface area contributed by atoms with E-state index in [0.717, 1.165) is 23.5 Å². The maximum absolute atomic E-state index is 13.3. The highest BCUT2D eigenvalue weighted by Gasteiger charge is 2.20. The summed E-state index contributed by atoms with van der Waals surface area (Å²) in [5.41, 5.74) is 5.53. The number of Topliss-reactive ketones (excluding diaryl/α,β-unsaturated/α-hetero) is 1. The topological polar surface area (TPSA) is 102 Å². The Labute approximate surface area is 124 Å². The highest BCUT2D eigenvalue weighted by atomic mass is 32.2. The summed E-state index contributed by atoms with van der Waals surface area (Å²) in [5.74, 6) is -0.946. The Morgan fingerprint density at radius 3 is 2.67 bits per heavy atom. The molecule has 1 aromatic heterocycles. The van der Waals surface area contributed by atoms with Crippen LogP contribution in [0.5, 0.6) is 0 Å². The number of hydrogen-bond acceptors (Lipinski definition) is 6. The van der Waals surface area contributed by atoms with Crippen molar-refractivity contribution >= 4 is 38.0 Å².